The van der Waals surface area contributed by atoms with E-state index in [1.165, 1.54) is 13.0 Å². The van der Waals surface area contributed by atoms with Gasteiger partial charge in [0, 0.05) is 31.1 Å². The SMILES string of the molecule is CC(=O)N1CCc2c(-c3ccc(C(F)(F)F)cc3O)nnc(N[C@@H]3CCCC[C@H]3O)c2C1. The van der Waals surface area contributed by atoms with E-state index >= 15 is 0 Å². The molecule has 2 aromatic rings. The summed E-state index contributed by atoms with van der Waals surface area (Å²) in [4.78, 5) is 13.6. The summed E-state index contributed by atoms with van der Waals surface area (Å²) in [7, 11) is 0. The lowest BCUT2D eigenvalue weighted by Crippen LogP contribution is -2.39. The number of hydrogen-bond acceptors (Lipinski definition) is 6. The maximum Gasteiger partial charge on any atom is 0.416 e. The molecule has 1 aromatic heterocycles. The highest BCUT2D eigenvalue weighted by Gasteiger charge is 2.33. The lowest BCUT2D eigenvalue weighted by Gasteiger charge is -2.33. The summed E-state index contributed by atoms with van der Waals surface area (Å²) in [5.74, 6) is -0.184. The number of nitrogens with one attached hydrogen (secondary N) is 1. The fourth-order valence-electron chi connectivity index (χ4n) is 4.43. The minimum absolute atomic E-state index is 0.102. The van der Waals surface area contributed by atoms with Crippen LogP contribution in [0.5, 0.6) is 5.75 Å². The molecule has 2 heterocycles. The van der Waals surface area contributed by atoms with E-state index in [9.17, 15) is 28.2 Å². The van der Waals surface area contributed by atoms with E-state index in [0.29, 0.717) is 42.5 Å². The summed E-state index contributed by atoms with van der Waals surface area (Å²) in [6.45, 7) is 2.16. The highest BCUT2D eigenvalue weighted by molar-refractivity contribution is 5.76. The van der Waals surface area contributed by atoms with Gasteiger partial charge in [0.2, 0.25) is 5.91 Å². The van der Waals surface area contributed by atoms with Crippen molar-refractivity contribution in [2.75, 3.05) is 11.9 Å². The molecule has 0 saturated heterocycles. The molecule has 2 aliphatic rings. The fraction of sp³-hybridized carbons (Fsp3) is 0.500. The van der Waals surface area contributed by atoms with Crippen molar-refractivity contribution in [3.63, 3.8) is 0 Å². The maximum atomic E-state index is 13.0. The molecule has 3 N–H and O–H groups in total. The number of benzene rings is 1. The van der Waals surface area contributed by atoms with Gasteiger partial charge in [0.1, 0.15) is 11.4 Å². The third-order valence-electron chi connectivity index (χ3n) is 6.24. The summed E-state index contributed by atoms with van der Waals surface area (Å²) in [5.41, 5.74) is 0.924. The first-order valence-corrected chi connectivity index (χ1v) is 10.6. The number of aliphatic hydroxyl groups is 1. The monoisotopic (exact) mass is 450 g/mol. The lowest BCUT2D eigenvalue weighted by molar-refractivity contribution is -0.137. The molecule has 1 aromatic carbocycles. The van der Waals surface area contributed by atoms with Crippen LogP contribution < -0.4 is 5.32 Å². The van der Waals surface area contributed by atoms with Crippen molar-refractivity contribution in [3.8, 4) is 17.0 Å². The summed E-state index contributed by atoms with van der Waals surface area (Å²) >= 11 is 0. The van der Waals surface area contributed by atoms with Crippen LogP contribution in [0.25, 0.3) is 11.3 Å². The van der Waals surface area contributed by atoms with Crippen molar-refractivity contribution in [2.45, 2.75) is 63.9 Å². The molecule has 32 heavy (non-hydrogen) atoms. The number of nitrogens with zero attached hydrogens (tertiary/aromatic N) is 3. The van der Waals surface area contributed by atoms with Crippen molar-refractivity contribution < 1.29 is 28.2 Å². The van der Waals surface area contributed by atoms with Crippen LogP contribution in [0.1, 0.15) is 49.3 Å². The number of aromatic nitrogens is 2. The Kier molecular flexibility index (Phi) is 5.98. The number of alkyl halides is 3. The number of fused-ring (bicyclic) bond motifs is 1. The average Bonchev–Trinajstić information content (AvgIpc) is 2.74. The molecule has 2 atom stereocenters. The zero-order valence-electron chi connectivity index (χ0n) is 17.6. The van der Waals surface area contributed by atoms with Gasteiger partial charge in [-0.25, -0.2) is 0 Å². The maximum absolute atomic E-state index is 13.0. The number of aromatic hydroxyl groups is 1. The third kappa shape index (κ3) is 4.36. The first kappa shape index (κ1) is 22.3. The predicted octanol–water partition coefficient (Wildman–Crippen LogP) is 3.49. The van der Waals surface area contributed by atoms with Gasteiger partial charge in [-0.1, -0.05) is 12.8 Å². The van der Waals surface area contributed by atoms with Crippen LogP contribution >= 0.6 is 0 Å². The van der Waals surface area contributed by atoms with Crippen LogP contribution in [-0.2, 0) is 23.9 Å². The Morgan fingerprint density at radius 2 is 1.94 bits per heavy atom. The molecular weight excluding hydrogens is 425 g/mol. The molecule has 10 heteroatoms. The molecule has 0 unspecified atom stereocenters. The van der Waals surface area contributed by atoms with Crippen molar-refractivity contribution in [2.24, 2.45) is 0 Å². The summed E-state index contributed by atoms with van der Waals surface area (Å²) in [5, 5.41) is 32.4. The average molecular weight is 450 g/mol. The summed E-state index contributed by atoms with van der Waals surface area (Å²) < 4.78 is 39.0. The van der Waals surface area contributed by atoms with Gasteiger partial charge >= 0.3 is 6.18 Å². The molecule has 172 valence electrons. The van der Waals surface area contributed by atoms with Gasteiger partial charge in [-0.05, 0) is 43.0 Å². The quantitative estimate of drug-likeness (QED) is 0.662. The Hall–Kier alpha value is -2.88. The Labute approximate surface area is 183 Å². The van der Waals surface area contributed by atoms with Crippen LogP contribution in [0.2, 0.25) is 0 Å². The first-order chi connectivity index (χ1) is 15.1. The number of halogens is 3. The Morgan fingerprint density at radius 1 is 1.19 bits per heavy atom. The molecular formula is C22H25F3N4O3. The van der Waals surface area contributed by atoms with Gasteiger partial charge in [-0.2, -0.15) is 13.2 Å². The van der Waals surface area contributed by atoms with Gasteiger partial charge in [-0.15, -0.1) is 10.2 Å². The molecule has 1 fully saturated rings. The predicted molar refractivity (Wildman–Crippen MR) is 111 cm³/mol. The molecule has 7 nitrogen and oxygen atoms in total. The van der Waals surface area contributed by atoms with Crippen LogP contribution in [0, 0.1) is 0 Å². The van der Waals surface area contributed by atoms with Crippen molar-refractivity contribution in [3.05, 3.63) is 34.9 Å². The van der Waals surface area contributed by atoms with E-state index < -0.39 is 23.6 Å². The number of carbonyl (C=O) groups is 1. The second kappa shape index (κ2) is 8.57. The van der Waals surface area contributed by atoms with Gasteiger partial charge in [-0.3, -0.25) is 4.79 Å². The van der Waals surface area contributed by atoms with Crippen molar-refractivity contribution >= 4 is 11.7 Å². The number of amides is 1. The molecule has 4 rings (SSSR count). The highest BCUT2D eigenvalue weighted by Crippen LogP contribution is 2.39. The molecule has 0 radical (unpaired) electrons. The van der Waals surface area contributed by atoms with Gasteiger partial charge in [0.25, 0.3) is 0 Å². The van der Waals surface area contributed by atoms with Gasteiger partial charge < -0.3 is 20.4 Å². The van der Waals surface area contributed by atoms with Crippen LogP contribution in [-0.4, -0.2) is 49.9 Å². The Morgan fingerprint density at radius 3 is 2.59 bits per heavy atom. The number of carbonyl (C=O) groups excluding carboxylic acids is 1. The number of phenols is 1. The second-order valence-electron chi connectivity index (χ2n) is 8.38. The van der Waals surface area contributed by atoms with E-state index in [1.807, 2.05) is 0 Å². The topological polar surface area (TPSA) is 98.6 Å². The van der Waals surface area contributed by atoms with Gasteiger partial charge in [0.15, 0.2) is 5.82 Å². The molecule has 1 aliphatic carbocycles. The van der Waals surface area contributed by atoms with E-state index in [4.69, 9.17) is 0 Å². The zero-order valence-corrected chi connectivity index (χ0v) is 17.6. The van der Waals surface area contributed by atoms with Crippen molar-refractivity contribution in [1.29, 1.82) is 0 Å². The number of aliphatic hydroxyl groups excluding tert-OH is 1. The normalized spacial score (nSPS) is 21.2. The molecule has 1 amide bonds. The van der Waals surface area contributed by atoms with E-state index in [-0.39, 0.29) is 24.1 Å². The number of anilines is 1. The third-order valence-corrected chi connectivity index (χ3v) is 6.24. The number of rotatable bonds is 3. The second-order valence-corrected chi connectivity index (χ2v) is 8.38. The minimum atomic E-state index is -4.57. The molecule has 1 aliphatic heterocycles. The Bertz CT molecular complexity index is 1030. The number of hydrogen-bond donors (Lipinski definition) is 3. The minimum Gasteiger partial charge on any atom is -0.507 e. The molecule has 0 spiro atoms. The summed E-state index contributed by atoms with van der Waals surface area (Å²) in [6, 6.07) is 2.58. The Balaban J connectivity index is 1.75. The van der Waals surface area contributed by atoms with Crippen LogP contribution in [0.3, 0.4) is 0 Å². The lowest BCUT2D eigenvalue weighted by atomic mass is 9.91. The number of phenolic OH excluding ortho intramolecular Hbond substituents is 1. The highest BCUT2D eigenvalue weighted by atomic mass is 19.4. The largest absolute Gasteiger partial charge is 0.507 e. The van der Waals surface area contributed by atoms with E-state index in [2.05, 4.69) is 15.5 Å². The zero-order chi connectivity index (χ0) is 23.0. The first-order valence-electron chi connectivity index (χ1n) is 10.6. The van der Waals surface area contributed by atoms with E-state index in [1.54, 1.807) is 4.90 Å². The van der Waals surface area contributed by atoms with Gasteiger partial charge in [0.05, 0.1) is 17.7 Å². The molecule has 0 bridgehead atoms. The standard InChI is InChI=1S/C22H25F3N4O3/c1-12(30)29-9-8-14-16(11-29)21(26-17-4-2-3-5-18(17)31)28-27-20(14)15-7-6-13(10-19(15)32)22(23,24)25/h6-7,10,17-18,31-32H,2-5,8-9,11H2,1H3,(H,26,28)/t17-,18-/m1/s1. The summed E-state index contributed by atoms with van der Waals surface area (Å²) in [6.07, 6.45) is -1.29. The molecule has 1 saturated carbocycles. The fourth-order valence-corrected chi connectivity index (χ4v) is 4.43. The van der Waals surface area contributed by atoms with Crippen LogP contribution in [0.4, 0.5) is 19.0 Å². The van der Waals surface area contributed by atoms with E-state index in [0.717, 1.165) is 30.9 Å². The van der Waals surface area contributed by atoms with Crippen LogP contribution in [0.15, 0.2) is 18.2 Å². The van der Waals surface area contributed by atoms with Crippen molar-refractivity contribution in [1.82, 2.24) is 15.1 Å². The smallest absolute Gasteiger partial charge is 0.416 e.